The van der Waals surface area contributed by atoms with Crippen LogP contribution in [-0.4, -0.2) is 15.0 Å². The summed E-state index contributed by atoms with van der Waals surface area (Å²) in [5.74, 6) is 0. The lowest BCUT2D eigenvalue weighted by Gasteiger charge is -2.13. The standard InChI is InChI=1S/C12H15ClN4/c1-12(2,14)11-8-17(16-15-11)7-9-4-3-5-10(13)6-9/h3-6,8H,7,14H2,1-2H3. The minimum atomic E-state index is -0.466. The molecule has 0 saturated heterocycles. The van der Waals surface area contributed by atoms with Crippen LogP contribution in [0.4, 0.5) is 0 Å². The Bertz CT molecular complexity index is 513. The van der Waals surface area contributed by atoms with E-state index >= 15 is 0 Å². The predicted molar refractivity (Wildman–Crippen MR) is 67.8 cm³/mol. The van der Waals surface area contributed by atoms with Crippen molar-refractivity contribution in [2.75, 3.05) is 0 Å². The highest BCUT2D eigenvalue weighted by Gasteiger charge is 2.18. The molecule has 0 aliphatic rings. The third-order valence-electron chi connectivity index (χ3n) is 2.43. The maximum Gasteiger partial charge on any atom is 0.102 e. The molecule has 0 fully saturated rings. The van der Waals surface area contributed by atoms with E-state index in [1.807, 2.05) is 44.3 Å². The van der Waals surface area contributed by atoms with Crippen LogP contribution in [0.1, 0.15) is 25.1 Å². The molecule has 0 radical (unpaired) electrons. The van der Waals surface area contributed by atoms with Gasteiger partial charge in [-0.05, 0) is 31.5 Å². The van der Waals surface area contributed by atoms with Gasteiger partial charge in [-0.25, -0.2) is 4.68 Å². The predicted octanol–water partition coefficient (Wildman–Crippen LogP) is 2.17. The molecule has 90 valence electrons. The maximum atomic E-state index is 5.95. The first-order valence-corrected chi connectivity index (χ1v) is 5.77. The van der Waals surface area contributed by atoms with Gasteiger partial charge in [0.2, 0.25) is 0 Å². The maximum absolute atomic E-state index is 5.95. The average molecular weight is 251 g/mol. The van der Waals surface area contributed by atoms with Crippen molar-refractivity contribution in [3.05, 3.63) is 46.7 Å². The van der Waals surface area contributed by atoms with E-state index in [4.69, 9.17) is 17.3 Å². The smallest absolute Gasteiger partial charge is 0.102 e. The Morgan fingerprint density at radius 2 is 2.18 bits per heavy atom. The van der Waals surface area contributed by atoms with Gasteiger partial charge in [-0.3, -0.25) is 0 Å². The molecule has 1 aromatic carbocycles. The molecule has 0 spiro atoms. The first-order valence-electron chi connectivity index (χ1n) is 5.39. The molecule has 4 nitrogen and oxygen atoms in total. The van der Waals surface area contributed by atoms with E-state index in [9.17, 15) is 0 Å². The molecule has 2 N–H and O–H groups in total. The van der Waals surface area contributed by atoms with Crippen molar-refractivity contribution in [2.45, 2.75) is 25.9 Å². The largest absolute Gasteiger partial charge is 0.320 e. The second kappa shape index (κ2) is 4.47. The summed E-state index contributed by atoms with van der Waals surface area (Å²) in [6, 6.07) is 7.68. The molecule has 5 heteroatoms. The van der Waals surface area contributed by atoms with Crippen molar-refractivity contribution < 1.29 is 0 Å². The second-order valence-electron chi connectivity index (χ2n) is 4.65. The molecule has 0 bridgehead atoms. The highest BCUT2D eigenvalue weighted by atomic mass is 35.5. The average Bonchev–Trinajstić information content (AvgIpc) is 2.65. The van der Waals surface area contributed by atoms with Crippen LogP contribution in [0.5, 0.6) is 0 Å². The summed E-state index contributed by atoms with van der Waals surface area (Å²) in [5.41, 5.74) is 7.35. The number of rotatable bonds is 3. The van der Waals surface area contributed by atoms with Gasteiger partial charge in [-0.1, -0.05) is 28.9 Å². The zero-order valence-corrected chi connectivity index (χ0v) is 10.6. The number of nitrogens with two attached hydrogens (primary N) is 1. The lowest BCUT2D eigenvalue weighted by Crippen LogP contribution is -2.29. The SMILES string of the molecule is CC(C)(N)c1cn(Cc2cccc(Cl)c2)nn1. The van der Waals surface area contributed by atoms with Gasteiger partial charge >= 0.3 is 0 Å². The van der Waals surface area contributed by atoms with Crippen molar-refractivity contribution in [1.29, 1.82) is 0 Å². The Kier molecular flexibility index (Phi) is 3.17. The number of nitrogens with zero attached hydrogens (tertiary/aromatic N) is 3. The molecule has 2 rings (SSSR count). The number of benzene rings is 1. The molecule has 0 unspecified atom stereocenters. The van der Waals surface area contributed by atoms with E-state index in [1.54, 1.807) is 4.68 Å². The number of aromatic nitrogens is 3. The Morgan fingerprint density at radius 3 is 2.76 bits per heavy atom. The van der Waals surface area contributed by atoms with Gasteiger partial charge < -0.3 is 5.73 Å². The van der Waals surface area contributed by atoms with Crippen molar-refractivity contribution in [3.8, 4) is 0 Å². The fourth-order valence-corrected chi connectivity index (χ4v) is 1.71. The van der Waals surface area contributed by atoms with Crippen molar-refractivity contribution in [1.82, 2.24) is 15.0 Å². The first kappa shape index (κ1) is 12.1. The molecule has 0 saturated carbocycles. The first-order chi connectivity index (χ1) is 7.95. The van der Waals surface area contributed by atoms with E-state index in [2.05, 4.69) is 10.3 Å². The molecule has 17 heavy (non-hydrogen) atoms. The highest BCUT2D eigenvalue weighted by Crippen LogP contribution is 2.14. The van der Waals surface area contributed by atoms with Gasteiger partial charge in [0.25, 0.3) is 0 Å². The van der Waals surface area contributed by atoms with Crippen LogP contribution in [0, 0.1) is 0 Å². The molecule has 0 aliphatic heterocycles. The Morgan fingerprint density at radius 1 is 1.41 bits per heavy atom. The summed E-state index contributed by atoms with van der Waals surface area (Å²) in [6.07, 6.45) is 1.86. The Labute approximate surface area is 105 Å². The third-order valence-corrected chi connectivity index (χ3v) is 2.67. The highest BCUT2D eigenvalue weighted by molar-refractivity contribution is 6.30. The van der Waals surface area contributed by atoms with Crippen LogP contribution in [-0.2, 0) is 12.1 Å². The van der Waals surface area contributed by atoms with Gasteiger partial charge in [0.15, 0.2) is 0 Å². The van der Waals surface area contributed by atoms with Crippen molar-refractivity contribution in [2.24, 2.45) is 5.73 Å². The van der Waals surface area contributed by atoms with Crippen molar-refractivity contribution in [3.63, 3.8) is 0 Å². The Balaban J connectivity index is 2.17. The topological polar surface area (TPSA) is 56.7 Å². The number of hydrogen-bond acceptors (Lipinski definition) is 3. The van der Waals surface area contributed by atoms with Crippen LogP contribution in [0.2, 0.25) is 5.02 Å². The van der Waals surface area contributed by atoms with Crippen molar-refractivity contribution >= 4 is 11.6 Å². The molecule has 1 heterocycles. The Hall–Kier alpha value is -1.39. The molecule has 0 atom stereocenters. The minimum Gasteiger partial charge on any atom is -0.320 e. The van der Waals surface area contributed by atoms with E-state index in [1.165, 1.54) is 0 Å². The van der Waals surface area contributed by atoms with Gasteiger partial charge in [0.1, 0.15) is 5.69 Å². The lowest BCUT2D eigenvalue weighted by atomic mass is 10.0. The summed E-state index contributed by atoms with van der Waals surface area (Å²) in [5, 5.41) is 8.84. The van der Waals surface area contributed by atoms with Gasteiger partial charge in [0, 0.05) is 5.02 Å². The second-order valence-corrected chi connectivity index (χ2v) is 5.09. The molecule has 0 aliphatic carbocycles. The molecular weight excluding hydrogens is 236 g/mol. The van der Waals surface area contributed by atoms with Gasteiger partial charge in [-0.15, -0.1) is 5.10 Å². The molecule has 1 aromatic heterocycles. The molecule has 0 amide bonds. The number of hydrogen-bond donors (Lipinski definition) is 1. The van der Waals surface area contributed by atoms with Crippen LogP contribution in [0.3, 0.4) is 0 Å². The van der Waals surface area contributed by atoms with E-state index in [0.717, 1.165) is 16.3 Å². The fraction of sp³-hybridized carbons (Fsp3) is 0.333. The summed E-state index contributed by atoms with van der Waals surface area (Å²) >= 11 is 5.92. The van der Waals surface area contributed by atoms with E-state index < -0.39 is 5.54 Å². The molecule has 2 aromatic rings. The molecular formula is C12H15ClN4. The van der Waals surface area contributed by atoms with Gasteiger partial charge in [-0.2, -0.15) is 0 Å². The third kappa shape index (κ3) is 3.05. The zero-order chi connectivity index (χ0) is 12.5. The quantitative estimate of drug-likeness (QED) is 0.908. The summed E-state index contributed by atoms with van der Waals surface area (Å²) in [7, 11) is 0. The van der Waals surface area contributed by atoms with Crippen LogP contribution < -0.4 is 5.73 Å². The van der Waals surface area contributed by atoms with Crippen LogP contribution in [0.25, 0.3) is 0 Å². The minimum absolute atomic E-state index is 0.466. The van der Waals surface area contributed by atoms with Gasteiger partial charge in [0.05, 0.1) is 18.3 Å². The van der Waals surface area contributed by atoms with E-state index in [0.29, 0.717) is 6.54 Å². The fourth-order valence-electron chi connectivity index (χ4n) is 1.49. The summed E-state index contributed by atoms with van der Waals surface area (Å²) in [6.45, 7) is 4.45. The summed E-state index contributed by atoms with van der Waals surface area (Å²) < 4.78 is 1.76. The normalized spacial score (nSPS) is 11.8. The van der Waals surface area contributed by atoms with Crippen LogP contribution >= 0.6 is 11.6 Å². The number of halogens is 1. The summed E-state index contributed by atoms with van der Waals surface area (Å²) in [4.78, 5) is 0. The lowest BCUT2D eigenvalue weighted by molar-refractivity contribution is 0.533. The monoisotopic (exact) mass is 250 g/mol. The van der Waals surface area contributed by atoms with E-state index in [-0.39, 0.29) is 0 Å². The van der Waals surface area contributed by atoms with Crippen LogP contribution in [0.15, 0.2) is 30.5 Å². The zero-order valence-electron chi connectivity index (χ0n) is 9.89.